The minimum atomic E-state index is -0.414. The summed E-state index contributed by atoms with van der Waals surface area (Å²) in [7, 11) is 0. The number of nitrogens with one attached hydrogen (secondary N) is 1. The largest absolute Gasteiger partial charge is 0.459 e. The number of amides is 1. The molecule has 2 aliphatic rings. The Morgan fingerprint density at radius 1 is 1.42 bits per heavy atom. The molecule has 5 heteroatoms. The smallest absolute Gasteiger partial charge is 0.286 e. The molecule has 0 aromatic heterocycles. The lowest BCUT2D eigenvalue weighted by atomic mass is 9.78. The van der Waals surface area contributed by atoms with Gasteiger partial charge < -0.3 is 19.9 Å². The van der Waals surface area contributed by atoms with Gasteiger partial charge in [-0.25, -0.2) is 0 Å². The van der Waals surface area contributed by atoms with Crippen molar-refractivity contribution in [2.75, 3.05) is 13.2 Å². The Morgan fingerprint density at radius 3 is 2.71 bits per heavy atom. The highest BCUT2D eigenvalue weighted by atomic mass is 16.7. The average molecular weight is 339 g/mol. The lowest BCUT2D eigenvalue weighted by Gasteiger charge is -2.38. The van der Waals surface area contributed by atoms with E-state index < -0.39 is 6.29 Å². The fourth-order valence-electron chi connectivity index (χ4n) is 3.85. The highest BCUT2D eigenvalue weighted by Gasteiger charge is 2.38. The topological polar surface area (TPSA) is 67.8 Å². The molecule has 0 saturated heterocycles. The van der Waals surface area contributed by atoms with Crippen LogP contribution >= 0.6 is 0 Å². The third kappa shape index (κ3) is 4.96. The van der Waals surface area contributed by atoms with E-state index in [2.05, 4.69) is 19.2 Å². The molecule has 0 aromatic carbocycles. The molecule has 138 valence electrons. The summed E-state index contributed by atoms with van der Waals surface area (Å²) in [5, 5.41) is 12.3. The first-order valence-corrected chi connectivity index (χ1v) is 9.48. The standard InChI is InChI=1S/C19H33NO4/c1-4-23-19-15(10-7-11-21)16(13(2)3)12-17(24-19)18(22)20-14-8-5-6-9-14/h12-16,19,21H,4-11H2,1-3H3,(H,20,22)/t15-,16+,19+/m0/s1. The number of carbonyl (C=O) groups is 1. The summed E-state index contributed by atoms with van der Waals surface area (Å²) in [5.74, 6) is 1.05. The Labute approximate surface area is 145 Å². The van der Waals surface area contributed by atoms with Gasteiger partial charge >= 0.3 is 0 Å². The van der Waals surface area contributed by atoms with Crippen molar-refractivity contribution >= 4 is 5.91 Å². The first-order valence-electron chi connectivity index (χ1n) is 9.48. The van der Waals surface area contributed by atoms with Crippen molar-refractivity contribution in [3.05, 3.63) is 11.8 Å². The second-order valence-electron chi connectivity index (χ2n) is 7.28. The van der Waals surface area contributed by atoms with E-state index >= 15 is 0 Å². The predicted octanol–water partition coefficient (Wildman–Crippen LogP) is 2.98. The molecule has 3 atom stereocenters. The van der Waals surface area contributed by atoms with E-state index in [9.17, 15) is 9.90 Å². The molecule has 0 bridgehead atoms. The van der Waals surface area contributed by atoms with Crippen LogP contribution in [0.4, 0.5) is 0 Å². The van der Waals surface area contributed by atoms with Gasteiger partial charge in [-0.2, -0.15) is 0 Å². The van der Waals surface area contributed by atoms with Crippen molar-refractivity contribution in [3.63, 3.8) is 0 Å². The summed E-state index contributed by atoms with van der Waals surface area (Å²) in [6.07, 6.45) is 7.60. The van der Waals surface area contributed by atoms with Crippen LogP contribution in [-0.2, 0) is 14.3 Å². The van der Waals surface area contributed by atoms with E-state index in [1.165, 1.54) is 12.8 Å². The molecule has 1 saturated carbocycles. The van der Waals surface area contributed by atoms with E-state index in [1.807, 2.05) is 13.0 Å². The first-order chi connectivity index (χ1) is 11.6. The molecule has 1 aliphatic heterocycles. The molecule has 2 rings (SSSR count). The van der Waals surface area contributed by atoms with Crippen LogP contribution < -0.4 is 5.32 Å². The summed E-state index contributed by atoms with van der Waals surface area (Å²) >= 11 is 0. The second kappa shape index (κ2) is 9.42. The maximum atomic E-state index is 12.6. The zero-order chi connectivity index (χ0) is 17.5. The number of hydrogen-bond donors (Lipinski definition) is 2. The molecule has 0 unspecified atom stereocenters. The van der Waals surface area contributed by atoms with Gasteiger partial charge in [-0.15, -0.1) is 0 Å². The molecule has 0 radical (unpaired) electrons. The Balaban J connectivity index is 2.12. The quantitative estimate of drug-likeness (QED) is 0.713. The summed E-state index contributed by atoms with van der Waals surface area (Å²) < 4.78 is 11.7. The third-order valence-electron chi connectivity index (χ3n) is 5.14. The normalized spacial score (nSPS) is 27.9. The number of aliphatic hydroxyl groups excluding tert-OH is 1. The van der Waals surface area contributed by atoms with Gasteiger partial charge in [-0.1, -0.05) is 26.7 Å². The molecule has 5 nitrogen and oxygen atoms in total. The van der Waals surface area contributed by atoms with Gasteiger partial charge in [0.05, 0.1) is 0 Å². The van der Waals surface area contributed by atoms with Crippen LogP contribution in [-0.4, -0.2) is 36.6 Å². The second-order valence-corrected chi connectivity index (χ2v) is 7.28. The fourth-order valence-corrected chi connectivity index (χ4v) is 3.85. The van der Waals surface area contributed by atoms with Crippen LogP contribution in [0.3, 0.4) is 0 Å². The Morgan fingerprint density at radius 2 is 2.12 bits per heavy atom. The van der Waals surface area contributed by atoms with Crippen molar-refractivity contribution in [3.8, 4) is 0 Å². The molecule has 1 heterocycles. The number of aliphatic hydroxyl groups is 1. The van der Waals surface area contributed by atoms with E-state index in [0.717, 1.165) is 25.7 Å². The number of rotatable bonds is 8. The van der Waals surface area contributed by atoms with Crippen molar-refractivity contribution in [2.45, 2.75) is 71.6 Å². The number of hydrogen-bond acceptors (Lipinski definition) is 4. The molecule has 24 heavy (non-hydrogen) atoms. The maximum absolute atomic E-state index is 12.6. The summed E-state index contributed by atoms with van der Waals surface area (Å²) in [5.41, 5.74) is 0. The lowest BCUT2D eigenvalue weighted by Crippen LogP contribution is -2.42. The lowest BCUT2D eigenvalue weighted by molar-refractivity contribution is -0.175. The monoisotopic (exact) mass is 339 g/mol. The van der Waals surface area contributed by atoms with Gasteiger partial charge in [0.25, 0.3) is 5.91 Å². The Bertz CT molecular complexity index is 429. The van der Waals surface area contributed by atoms with Gasteiger partial charge in [0, 0.05) is 25.2 Å². The van der Waals surface area contributed by atoms with Gasteiger partial charge in [-0.05, 0) is 50.5 Å². The fraction of sp³-hybridized carbons (Fsp3) is 0.842. The van der Waals surface area contributed by atoms with E-state index in [1.54, 1.807) is 0 Å². The Hall–Kier alpha value is -1.07. The van der Waals surface area contributed by atoms with Crippen LogP contribution in [0.5, 0.6) is 0 Å². The molecule has 1 amide bonds. The first kappa shape index (κ1) is 19.3. The number of carbonyl (C=O) groups excluding carboxylic acids is 1. The van der Waals surface area contributed by atoms with Crippen molar-refractivity contribution < 1.29 is 19.4 Å². The van der Waals surface area contributed by atoms with E-state index in [0.29, 0.717) is 18.3 Å². The summed E-state index contributed by atoms with van der Waals surface area (Å²) in [4.78, 5) is 12.6. The zero-order valence-electron chi connectivity index (χ0n) is 15.3. The van der Waals surface area contributed by atoms with Gasteiger partial charge in [-0.3, -0.25) is 4.79 Å². The summed E-state index contributed by atoms with van der Waals surface area (Å²) in [6, 6.07) is 0.275. The van der Waals surface area contributed by atoms with Gasteiger partial charge in [0.1, 0.15) is 0 Å². The van der Waals surface area contributed by atoms with Crippen LogP contribution in [0.2, 0.25) is 0 Å². The van der Waals surface area contributed by atoms with E-state index in [4.69, 9.17) is 9.47 Å². The van der Waals surface area contributed by atoms with Gasteiger partial charge in [0.2, 0.25) is 6.29 Å². The van der Waals surface area contributed by atoms with Crippen molar-refractivity contribution in [1.82, 2.24) is 5.32 Å². The highest BCUT2D eigenvalue weighted by molar-refractivity contribution is 5.91. The molecule has 0 spiro atoms. The maximum Gasteiger partial charge on any atom is 0.286 e. The zero-order valence-corrected chi connectivity index (χ0v) is 15.3. The average Bonchev–Trinajstić information content (AvgIpc) is 3.06. The minimum Gasteiger partial charge on any atom is -0.459 e. The van der Waals surface area contributed by atoms with Crippen molar-refractivity contribution in [2.24, 2.45) is 17.8 Å². The molecular weight excluding hydrogens is 306 g/mol. The molecule has 0 aromatic rings. The predicted molar refractivity (Wildman–Crippen MR) is 93.1 cm³/mol. The van der Waals surface area contributed by atoms with E-state index in [-0.39, 0.29) is 30.4 Å². The van der Waals surface area contributed by atoms with Crippen LogP contribution in [0, 0.1) is 17.8 Å². The third-order valence-corrected chi connectivity index (χ3v) is 5.14. The molecular formula is C19H33NO4. The van der Waals surface area contributed by atoms with Crippen LogP contribution in [0.15, 0.2) is 11.8 Å². The number of allylic oxidation sites excluding steroid dienone is 1. The number of ether oxygens (including phenoxy) is 2. The van der Waals surface area contributed by atoms with Gasteiger partial charge in [0.15, 0.2) is 5.76 Å². The minimum absolute atomic E-state index is 0.113. The summed E-state index contributed by atoms with van der Waals surface area (Å²) in [6.45, 7) is 6.97. The SMILES string of the molecule is CCO[C@@H]1OC(C(=O)NC2CCCC2)=C[C@H](C(C)C)[C@@H]1CCCO. The highest BCUT2D eigenvalue weighted by Crippen LogP contribution is 2.37. The van der Waals surface area contributed by atoms with Crippen LogP contribution in [0.1, 0.15) is 59.3 Å². The van der Waals surface area contributed by atoms with Crippen LogP contribution in [0.25, 0.3) is 0 Å². The molecule has 1 aliphatic carbocycles. The molecule has 2 N–H and O–H groups in total. The molecule has 1 fully saturated rings. The Kier molecular flexibility index (Phi) is 7.56. The van der Waals surface area contributed by atoms with Crippen molar-refractivity contribution in [1.29, 1.82) is 0 Å².